The van der Waals surface area contributed by atoms with E-state index in [9.17, 15) is 0 Å². The van der Waals surface area contributed by atoms with Crippen LogP contribution in [0.4, 0.5) is 5.69 Å². The zero-order valence-corrected chi connectivity index (χ0v) is 10.4. The topological polar surface area (TPSA) is 38.9 Å². The van der Waals surface area contributed by atoms with Crippen molar-refractivity contribution in [3.05, 3.63) is 47.7 Å². The fraction of sp³-hybridized carbons (Fsp3) is 0.267. The molecule has 1 aromatic heterocycles. The van der Waals surface area contributed by atoms with Crippen LogP contribution in [0, 0.1) is 6.92 Å². The summed E-state index contributed by atoms with van der Waals surface area (Å²) in [5, 5.41) is 0. The maximum absolute atomic E-state index is 5.72. The normalized spacial score (nSPS) is 10.5. The van der Waals surface area contributed by atoms with Gasteiger partial charge in [-0.2, -0.15) is 0 Å². The number of nitrogen functional groups attached to an aromatic ring is 1. The van der Waals surface area contributed by atoms with E-state index in [2.05, 4.69) is 36.2 Å². The molecule has 0 atom stereocenters. The lowest BCUT2D eigenvalue weighted by atomic mass is 10.0. The molecule has 0 aliphatic heterocycles. The molecule has 1 aromatic carbocycles. The zero-order chi connectivity index (χ0) is 12.3. The Morgan fingerprint density at radius 2 is 2.06 bits per heavy atom. The van der Waals surface area contributed by atoms with E-state index in [4.69, 9.17) is 5.73 Å². The summed E-state index contributed by atoms with van der Waals surface area (Å²) in [6, 6.07) is 10.5. The fourth-order valence-electron chi connectivity index (χ4n) is 2.06. The molecule has 0 aliphatic rings. The highest BCUT2D eigenvalue weighted by Crippen LogP contribution is 2.23. The molecule has 2 nitrogen and oxygen atoms in total. The standard InChI is InChI=1S/C15H18N2/c1-3-5-12-6-4-7-13(9-12)15-11(2)8-14(16)10-17-15/h4,6-10H,3,5,16H2,1-2H3. The summed E-state index contributed by atoms with van der Waals surface area (Å²) in [6.07, 6.45) is 3.99. The average molecular weight is 226 g/mol. The van der Waals surface area contributed by atoms with Gasteiger partial charge >= 0.3 is 0 Å². The molecular weight excluding hydrogens is 208 g/mol. The van der Waals surface area contributed by atoms with Gasteiger partial charge in [-0.15, -0.1) is 0 Å². The van der Waals surface area contributed by atoms with Crippen molar-refractivity contribution in [2.45, 2.75) is 26.7 Å². The van der Waals surface area contributed by atoms with Crippen molar-refractivity contribution in [3.63, 3.8) is 0 Å². The molecule has 1 heterocycles. The van der Waals surface area contributed by atoms with E-state index in [0.29, 0.717) is 0 Å². The van der Waals surface area contributed by atoms with E-state index < -0.39 is 0 Å². The van der Waals surface area contributed by atoms with Crippen LogP contribution >= 0.6 is 0 Å². The minimum atomic E-state index is 0.718. The maximum atomic E-state index is 5.72. The van der Waals surface area contributed by atoms with Crippen LogP contribution in [0.3, 0.4) is 0 Å². The van der Waals surface area contributed by atoms with Crippen LogP contribution in [0.1, 0.15) is 24.5 Å². The molecule has 0 radical (unpaired) electrons. The van der Waals surface area contributed by atoms with Crippen LogP contribution in [0.2, 0.25) is 0 Å². The number of anilines is 1. The summed E-state index contributed by atoms with van der Waals surface area (Å²) < 4.78 is 0. The molecular formula is C15H18N2. The van der Waals surface area contributed by atoms with Crippen molar-refractivity contribution in [1.29, 1.82) is 0 Å². The first-order chi connectivity index (χ1) is 8.20. The Kier molecular flexibility index (Phi) is 3.43. The third kappa shape index (κ3) is 2.64. The number of nitrogens with zero attached hydrogens (tertiary/aromatic N) is 1. The Hall–Kier alpha value is -1.83. The SMILES string of the molecule is CCCc1cccc(-c2ncc(N)cc2C)c1. The van der Waals surface area contributed by atoms with Gasteiger partial charge in [-0.3, -0.25) is 4.98 Å². The van der Waals surface area contributed by atoms with Gasteiger partial charge in [-0.25, -0.2) is 0 Å². The Morgan fingerprint density at radius 3 is 2.76 bits per heavy atom. The highest BCUT2D eigenvalue weighted by molar-refractivity contribution is 5.65. The Labute approximate surface area is 103 Å². The number of nitrogens with two attached hydrogens (primary N) is 1. The number of aryl methyl sites for hydroxylation is 2. The minimum absolute atomic E-state index is 0.718. The van der Waals surface area contributed by atoms with Gasteiger partial charge in [0.1, 0.15) is 0 Å². The van der Waals surface area contributed by atoms with Gasteiger partial charge < -0.3 is 5.73 Å². The van der Waals surface area contributed by atoms with E-state index >= 15 is 0 Å². The van der Waals surface area contributed by atoms with E-state index in [-0.39, 0.29) is 0 Å². The minimum Gasteiger partial charge on any atom is -0.397 e. The molecule has 0 unspecified atom stereocenters. The highest BCUT2D eigenvalue weighted by atomic mass is 14.7. The van der Waals surface area contributed by atoms with Crippen molar-refractivity contribution >= 4 is 5.69 Å². The first kappa shape index (κ1) is 11.6. The molecule has 0 amide bonds. The summed E-state index contributed by atoms with van der Waals surface area (Å²) in [4.78, 5) is 4.42. The monoisotopic (exact) mass is 226 g/mol. The number of rotatable bonds is 3. The van der Waals surface area contributed by atoms with Crippen molar-refractivity contribution in [1.82, 2.24) is 4.98 Å². The third-order valence-electron chi connectivity index (χ3n) is 2.84. The van der Waals surface area contributed by atoms with E-state index in [0.717, 1.165) is 29.8 Å². The van der Waals surface area contributed by atoms with Gasteiger partial charge in [0.05, 0.1) is 17.6 Å². The Bertz CT molecular complexity index is 518. The molecule has 0 saturated carbocycles. The third-order valence-corrected chi connectivity index (χ3v) is 2.84. The van der Waals surface area contributed by atoms with Gasteiger partial charge in [0.2, 0.25) is 0 Å². The number of benzene rings is 1. The summed E-state index contributed by atoms with van der Waals surface area (Å²) >= 11 is 0. The molecule has 2 rings (SSSR count). The Morgan fingerprint density at radius 1 is 1.24 bits per heavy atom. The number of hydrogen-bond acceptors (Lipinski definition) is 2. The second-order valence-corrected chi connectivity index (χ2v) is 4.38. The predicted octanol–water partition coefficient (Wildman–Crippen LogP) is 3.59. The molecule has 0 spiro atoms. The van der Waals surface area contributed by atoms with Crippen molar-refractivity contribution < 1.29 is 0 Å². The summed E-state index contributed by atoms with van der Waals surface area (Å²) in [5.41, 5.74) is 11.1. The second-order valence-electron chi connectivity index (χ2n) is 4.38. The van der Waals surface area contributed by atoms with E-state index in [1.165, 1.54) is 11.1 Å². The smallest absolute Gasteiger partial charge is 0.0732 e. The summed E-state index contributed by atoms with van der Waals surface area (Å²) in [7, 11) is 0. The fourth-order valence-corrected chi connectivity index (χ4v) is 2.06. The first-order valence-electron chi connectivity index (χ1n) is 6.02. The summed E-state index contributed by atoms with van der Waals surface area (Å²) in [6.45, 7) is 4.24. The van der Waals surface area contributed by atoms with E-state index in [1.807, 2.05) is 13.0 Å². The lowest BCUT2D eigenvalue weighted by Crippen LogP contribution is -1.93. The summed E-state index contributed by atoms with van der Waals surface area (Å²) in [5.74, 6) is 0. The van der Waals surface area contributed by atoms with Crippen LogP contribution in [-0.2, 0) is 6.42 Å². The number of aromatic nitrogens is 1. The van der Waals surface area contributed by atoms with Crippen LogP contribution in [0.5, 0.6) is 0 Å². The number of hydrogen-bond donors (Lipinski definition) is 1. The van der Waals surface area contributed by atoms with Gasteiger partial charge in [-0.1, -0.05) is 31.5 Å². The maximum Gasteiger partial charge on any atom is 0.0732 e. The van der Waals surface area contributed by atoms with Crippen molar-refractivity contribution in [3.8, 4) is 11.3 Å². The molecule has 2 aromatic rings. The average Bonchev–Trinajstić information content (AvgIpc) is 2.29. The molecule has 2 heteroatoms. The zero-order valence-electron chi connectivity index (χ0n) is 10.4. The van der Waals surface area contributed by atoms with Gasteiger partial charge in [0, 0.05) is 5.56 Å². The molecule has 0 saturated heterocycles. The largest absolute Gasteiger partial charge is 0.397 e. The first-order valence-corrected chi connectivity index (χ1v) is 6.02. The van der Waals surface area contributed by atoms with Crippen LogP contribution < -0.4 is 5.73 Å². The molecule has 2 N–H and O–H groups in total. The Balaban J connectivity index is 2.42. The number of pyridine rings is 1. The lowest BCUT2D eigenvalue weighted by molar-refractivity contribution is 0.922. The molecule has 0 fully saturated rings. The molecule has 88 valence electrons. The van der Waals surface area contributed by atoms with Crippen LogP contribution in [0.25, 0.3) is 11.3 Å². The van der Waals surface area contributed by atoms with Gasteiger partial charge in [0.15, 0.2) is 0 Å². The van der Waals surface area contributed by atoms with E-state index in [1.54, 1.807) is 6.20 Å². The lowest BCUT2D eigenvalue weighted by Gasteiger charge is -2.07. The van der Waals surface area contributed by atoms with Crippen molar-refractivity contribution in [2.75, 3.05) is 5.73 Å². The molecule has 17 heavy (non-hydrogen) atoms. The highest BCUT2D eigenvalue weighted by Gasteiger charge is 2.04. The molecule has 0 bridgehead atoms. The predicted molar refractivity (Wildman–Crippen MR) is 72.8 cm³/mol. The van der Waals surface area contributed by atoms with Gasteiger partial charge in [-0.05, 0) is 36.6 Å². The van der Waals surface area contributed by atoms with Crippen molar-refractivity contribution in [2.24, 2.45) is 0 Å². The molecule has 0 aliphatic carbocycles. The van der Waals surface area contributed by atoms with Crippen LogP contribution in [0.15, 0.2) is 36.5 Å². The van der Waals surface area contributed by atoms with Crippen LogP contribution in [-0.4, -0.2) is 4.98 Å². The quantitative estimate of drug-likeness (QED) is 0.868. The second kappa shape index (κ2) is 5.00. The van der Waals surface area contributed by atoms with Gasteiger partial charge in [0.25, 0.3) is 0 Å².